The molecule has 1 aromatic carbocycles. The molecule has 1 heterocycles. The number of pyridine rings is 1. The smallest absolute Gasteiger partial charge is 0.274 e. The van der Waals surface area contributed by atoms with E-state index in [1.54, 1.807) is 6.07 Å². The first-order chi connectivity index (χ1) is 8.56. The number of aromatic nitrogens is 1. The lowest BCUT2D eigenvalue weighted by molar-refractivity contribution is 0.102. The van der Waals surface area contributed by atoms with Gasteiger partial charge >= 0.3 is 0 Å². The maximum absolute atomic E-state index is 12.0. The minimum absolute atomic E-state index is 0.182. The summed E-state index contributed by atoms with van der Waals surface area (Å²) in [6.07, 6.45) is 0. The number of carbonyl (C=O) groups excluding carboxylic acids is 1. The van der Waals surface area contributed by atoms with Crippen LogP contribution in [0, 0.1) is 17.4 Å². The van der Waals surface area contributed by atoms with Gasteiger partial charge in [0.15, 0.2) is 0 Å². The Hall–Kier alpha value is -1.43. The van der Waals surface area contributed by atoms with Crippen LogP contribution in [0.4, 0.5) is 5.69 Å². The predicted molar refractivity (Wildman–Crippen MR) is 80.8 cm³/mol. The molecule has 0 unspecified atom stereocenters. The molecule has 18 heavy (non-hydrogen) atoms. The highest BCUT2D eigenvalue weighted by Crippen LogP contribution is 2.17. The van der Waals surface area contributed by atoms with Gasteiger partial charge in [0.05, 0.1) is 0 Å². The van der Waals surface area contributed by atoms with E-state index in [4.69, 9.17) is 0 Å². The van der Waals surface area contributed by atoms with E-state index in [1.165, 1.54) is 5.56 Å². The summed E-state index contributed by atoms with van der Waals surface area (Å²) in [6, 6.07) is 11.2. The average Bonchev–Trinajstić information content (AvgIpc) is 2.34. The van der Waals surface area contributed by atoms with Crippen LogP contribution in [0.3, 0.4) is 0 Å². The van der Waals surface area contributed by atoms with Crippen molar-refractivity contribution in [3.63, 3.8) is 0 Å². The highest BCUT2D eigenvalue weighted by atomic mass is 127. The second-order valence-corrected chi connectivity index (χ2v) is 5.24. The predicted octanol–water partition coefficient (Wildman–Crippen LogP) is 3.56. The molecule has 1 aromatic heterocycles. The molecule has 0 aliphatic heterocycles. The van der Waals surface area contributed by atoms with Gasteiger partial charge in [-0.3, -0.25) is 4.79 Å². The molecular weight excluding hydrogens is 339 g/mol. The van der Waals surface area contributed by atoms with E-state index in [-0.39, 0.29) is 5.91 Å². The van der Waals surface area contributed by atoms with Crippen LogP contribution in [0.2, 0.25) is 0 Å². The van der Waals surface area contributed by atoms with Crippen LogP contribution in [-0.4, -0.2) is 10.9 Å². The van der Waals surface area contributed by atoms with Gasteiger partial charge in [-0.25, -0.2) is 4.98 Å². The van der Waals surface area contributed by atoms with Crippen LogP contribution < -0.4 is 5.32 Å². The summed E-state index contributed by atoms with van der Waals surface area (Å²) in [5.41, 5.74) is 3.26. The van der Waals surface area contributed by atoms with Crippen molar-refractivity contribution in [1.82, 2.24) is 4.98 Å². The number of carbonyl (C=O) groups is 1. The molecule has 0 saturated heterocycles. The van der Waals surface area contributed by atoms with Gasteiger partial charge in [0.25, 0.3) is 5.91 Å². The zero-order valence-electron chi connectivity index (χ0n) is 10.2. The van der Waals surface area contributed by atoms with Gasteiger partial charge in [-0.05, 0) is 66.3 Å². The SMILES string of the molecule is Cc1cccc(C(=O)Nc2ccc(C)c(I)c2)n1. The number of anilines is 1. The van der Waals surface area contributed by atoms with E-state index in [0.29, 0.717) is 5.69 Å². The Labute approximate surface area is 120 Å². The van der Waals surface area contributed by atoms with Crippen LogP contribution in [0.1, 0.15) is 21.7 Å². The van der Waals surface area contributed by atoms with E-state index < -0.39 is 0 Å². The Balaban J connectivity index is 2.18. The number of nitrogens with one attached hydrogen (secondary N) is 1. The number of amides is 1. The molecule has 0 fully saturated rings. The Kier molecular flexibility index (Phi) is 3.96. The number of hydrogen-bond acceptors (Lipinski definition) is 2. The molecule has 2 rings (SSSR count). The van der Waals surface area contributed by atoms with Crippen molar-refractivity contribution in [2.45, 2.75) is 13.8 Å². The van der Waals surface area contributed by atoms with Crippen LogP contribution in [-0.2, 0) is 0 Å². The van der Waals surface area contributed by atoms with Gasteiger partial charge in [0, 0.05) is 15.0 Å². The highest BCUT2D eigenvalue weighted by Gasteiger charge is 2.08. The van der Waals surface area contributed by atoms with Crippen molar-refractivity contribution in [2.24, 2.45) is 0 Å². The van der Waals surface area contributed by atoms with E-state index in [0.717, 1.165) is 15.0 Å². The van der Waals surface area contributed by atoms with Gasteiger partial charge in [0.1, 0.15) is 5.69 Å². The lowest BCUT2D eigenvalue weighted by Gasteiger charge is -2.07. The third-order valence-corrected chi connectivity index (χ3v) is 3.71. The van der Waals surface area contributed by atoms with Crippen molar-refractivity contribution in [1.29, 1.82) is 0 Å². The number of nitrogens with zero attached hydrogens (tertiary/aromatic N) is 1. The fourth-order valence-corrected chi connectivity index (χ4v) is 2.05. The number of rotatable bonds is 2. The van der Waals surface area contributed by atoms with E-state index in [9.17, 15) is 4.79 Å². The molecule has 0 aliphatic rings. The lowest BCUT2D eigenvalue weighted by Crippen LogP contribution is -2.14. The van der Waals surface area contributed by atoms with Crippen molar-refractivity contribution < 1.29 is 4.79 Å². The minimum Gasteiger partial charge on any atom is -0.321 e. The summed E-state index contributed by atoms with van der Waals surface area (Å²) in [7, 11) is 0. The maximum atomic E-state index is 12.0. The molecule has 2 aromatic rings. The van der Waals surface area contributed by atoms with E-state index in [1.807, 2.05) is 44.2 Å². The first-order valence-corrected chi connectivity index (χ1v) is 6.65. The topological polar surface area (TPSA) is 42.0 Å². The van der Waals surface area contributed by atoms with Gasteiger partial charge in [-0.15, -0.1) is 0 Å². The van der Waals surface area contributed by atoms with Gasteiger partial charge in [0.2, 0.25) is 0 Å². The molecule has 0 atom stereocenters. The summed E-state index contributed by atoms with van der Waals surface area (Å²) in [5, 5.41) is 2.85. The molecule has 0 aliphatic carbocycles. The fourth-order valence-electron chi connectivity index (χ4n) is 1.54. The van der Waals surface area contributed by atoms with Gasteiger partial charge < -0.3 is 5.32 Å². The highest BCUT2D eigenvalue weighted by molar-refractivity contribution is 14.1. The minimum atomic E-state index is -0.182. The number of benzene rings is 1. The molecular formula is C14H13IN2O. The van der Waals surface area contributed by atoms with Crippen molar-refractivity contribution in [3.05, 3.63) is 56.9 Å². The summed E-state index contributed by atoms with van der Waals surface area (Å²) in [4.78, 5) is 16.2. The average molecular weight is 352 g/mol. The molecule has 1 amide bonds. The zero-order valence-corrected chi connectivity index (χ0v) is 12.4. The summed E-state index contributed by atoms with van der Waals surface area (Å²) < 4.78 is 1.13. The molecule has 0 bridgehead atoms. The largest absolute Gasteiger partial charge is 0.321 e. The second-order valence-electron chi connectivity index (χ2n) is 4.08. The van der Waals surface area contributed by atoms with Crippen molar-refractivity contribution in [3.8, 4) is 0 Å². The number of halogens is 1. The first kappa shape index (κ1) is 13.0. The standard InChI is InChI=1S/C14H13IN2O/c1-9-6-7-11(8-12(9)15)17-14(18)13-5-3-4-10(2)16-13/h3-8H,1-2H3,(H,17,18). The Bertz CT molecular complexity index is 596. The van der Waals surface area contributed by atoms with Gasteiger partial charge in [-0.1, -0.05) is 12.1 Å². The molecule has 0 radical (unpaired) electrons. The number of aryl methyl sites for hydroxylation is 2. The summed E-state index contributed by atoms with van der Waals surface area (Å²) >= 11 is 2.25. The second kappa shape index (κ2) is 5.48. The van der Waals surface area contributed by atoms with Crippen LogP contribution >= 0.6 is 22.6 Å². The molecule has 92 valence electrons. The lowest BCUT2D eigenvalue weighted by atomic mass is 10.2. The van der Waals surface area contributed by atoms with Gasteiger partial charge in [-0.2, -0.15) is 0 Å². The van der Waals surface area contributed by atoms with E-state index >= 15 is 0 Å². The fraction of sp³-hybridized carbons (Fsp3) is 0.143. The zero-order chi connectivity index (χ0) is 13.1. The molecule has 3 nitrogen and oxygen atoms in total. The molecule has 1 N–H and O–H groups in total. The quantitative estimate of drug-likeness (QED) is 0.840. The Morgan fingerprint density at radius 1 is 1.22 bits per heavy atom. The van der Waals surface area contributed by atoms with Crippen molar-refractivity contribution in [2.75, 3.05) is 5.32 Å². The third-order valence-electron chi connectivity index (χ3n) is 2.55. The normalized spacial score (nSPS) is 10.2. The number of hydrogen-bond donors (Lipinski definition) is 1. The van der Waals surface area contributed by atoms with Crippen molar-refractivity contribution >= 4 is 34.2 Å². The third kappa shape index (κ3) is 3.07. The Morgan fingerprint density at radius 3 is 2.67 bits per heavy atom. The van der Waals surface area contributed by atoms with Crippen LogP contribution in [0.15, 0.2) is 36.4 Å². The Morgan fingerprint density at radius 2 is 2.00 bits per heavy atom. The maximum Gasteiger partial charge on any atom is 0.274 e. The molecule has 4 heteroatoms. The van der Waals surface area contributed by atoms with E-state index in [2.05, 4.69) is 32.9 Å². The van der Waals surface area contributed by atoms with Crippen LogP contribution in [0.25, 0.3) is 0 Å². The molecule has 0 saturated carbocycles. The summed E-state index contributed by atoms with van der Waals surface area (Å²) in [6.45, 7) is 3.90. The monoisotopic (exact) mass is 352 g/mol. The van der Waals surface area contributed by atoms with Crippen LogP contribution in [0.5, 0.6) is 0 Å². The molecule has 0 spiro atoms. The summed E-state index contributed by atoms with van der Waals surface area (Å²) in [5.74, 6) is -0.182. The first-order valence-electron chi connectivity index (χ1n) is 5.57.